The van der Waals surface area contributed by atoms with Crippen molar-refractivity contribution in [3.63, 3.8) is 0 Å². The van der Waals surface area contributed by atoms with Gasteiger partial charge in [0.2, 0.25) is 0 Å². The maximum atomic E-state index is 10.9. The van der Waals surface area contributed by atoms with E-state index in [0.717, 1.165) is 4.88 Å². The minimum absolute atomic E-state index is 0.0668. The van der Waals surface area contributed by atoms with E-state index in [0.29, 0.717) is 17.5 Å². The highest BCUT2D eigenvalue weighted by atomic mass is 32.1. The van der Waals surface area contributed by atoms with Gasteiger partial charge in [-0.3, -0.25) is 0 Å². The van der Waals surface area contributed by atoms with Gasteiger partial charge in [0.25, 0.3) is 5.89 Å². The Hall–Kier alpha value is -1.89. The monoisotopic (exact) mass is 254 g/mol. The van der Waals surface area contributed by atoms with E-state index in [4.69, 9.17) is 14.4 Å². The number of hydrogen-bond donors (Lipinski definition) is 1. The molecule has 0 bridgehead atoms. The molecular weight excluding hydrogens is 244 g/mol. The number of carboxylic acid groups (broad SMARTS) is 1. The van der Waals surface area contributed by atoms with Crippen LogP contribution in [0.5, 0.6) is 5.75 Å². The van der Waals surface area contributed by atoms with Gasteiger partial charge in [-0.15, -0.1) is 11.3 Å². The van der Waals surface area contributed by atoms with Gasteiger partial charge in [-0.05, 0) is 19.9 Å². The number of nitrogens with zero attached hydrogens (tertiary/aromatic N) is 2. The summed E-state index contributed by atoms with van der Waals surface area (Å²) in [5.74, 6) is 0.168. The van der Waals surface area contributed by atoms with Crippen molar-refractivity contribution >= 4 is 17.3 Å². The van der Waals surface area contributed by atoms with Crippen LogP contribution in [0.3, 0.4) is 0 Å². The summed E-state index contributed by atoms with van der Waals surface area (Å²) in [6.07, 6.45) is 0. The number of aromatic carboxylic acids is 1. The number of ether oxygens (including phenoxy) is 1. The first kappa shape index (κ1) is 11.6. The predicted molar refractivity (Wildman–Crippen MR) is 59.4 cm³/mol. The van der Waals surface area contributed by atoms with E-state index in [-0.39, 0.29) is 11.5 Å². The first-order valence-electron chi connectivity index (χ1n) is 4.82. The molecule has 0 aliphatic carbocycles. The summed E-state index contributed by atoms with van der Waals surface area (Å²) in [5.41, 5.74) is 0. The molecule has 0 aliphatic heterocycles. The molecule has 17 heavy (non-hydrogen) atoms. The number of carboxylic acids is 1. The van der Waals surface area contributed by atoms with Crippen molar-refractivity contribution in [2.45, 2.75) is 20.5 Å². The van der Waals surface area contributed by atoms with Crippen LogP contribution in [-0.2, 0) is 6.61 Å². The number of hydrogen-bond acceptors (Lipinski definition) is 6. The van der Waals surface area contributed by atoms with E-state index >= 15 is 0 Å². The molecule has 90 valence electrons. The number of aromatic nitrogens is 2. The lowest BCUT2D eigenvalue weighted by atomic mass is 10.4. The van der Waals surface area contributed by atoms with Crippen LogP contribution in [0.2, 0.25) is 0 Å². The first-order chi connectivity index (χ1) is 8.06. The zero-order valence-corrected chi connectivity index (χ0v) is 10.1. The summed E-state index contributed by atoms with van der Waals surface area (Å²) in [7, 11) is 0. The molecule has 0 amide bonds. The van der Waals surface area contributed by atoms with Crippen molar-refractivity contribution < 1.29 is 19.2 Å². The molecule has 0 atom stereocenters. The normalized spacial score (nSPS) is 10.5. The van der Waals surface area contributed by atoms with Gasteiger partial charge in [-0.2, -0.15) is 4.98 Å². The van der Waals surface area contributed by atoms with Crippen LogP contribution in [0.1, 0.15) is 26.3 Å². The molecule has 7 heteroatoms. The van der Waals surface area contributed by atoms with Gasteiger partial charge in [0.05, 0.1) is 0 Å². The number of carbonyl (C=O) groups is 1. The average Bonchev–Trinajstić information content (AvgIpc) is 2.82. The molecule has 1 N–H and O–H groups in total. The molecule has 0 aromatic carbocycles. The van der Waals surface area contributed by atoms with Gasteiger partial charge in [-0.25, -0.2) is 4.79 Å². The fourth-order valence-electron chi connectivity index (χ4n) is 1.29. The second-order valence-electron chi connectivity index (χ2n) is 3.38. The van der Waals surface area contributed by atoms with Crippen LogP contribution in [0, 0.1) is 13.8 Å². The third kappa shape index (κ3) is 2.62. The zero-order valence-electron chi connectivity index (χ0n) is 9.26. The van der Waals surface area contributed by atoms with E-state index in [1.54, 1.807) is 13.0 Å². The quantitative estimate of drug-likeness (QED) is 0.898. The number of aryl methyl sites for hydroxylation is 2. The highest BCUT2D eigenvalue weighted by Crippen LogP contribution is 2.29. The number of thiophene rings is 1. The number of rotatable bonds is 4. The van der Waals surface area contributed by atoms with E-state index in [1.165, 1.54) is 11.3 Å². The van der Waals surface area contributed by atoms with E-state index in [2.05, 4.69) is 10.1 Å². The van der Waals surface area contributed by atoms with E-state index in [1.807, 2.05) is 6.92 Å². The second kappa shape index (κ2) is 4.54. The molecule has 0 radical (unpaired) electrons. The summed E-state index contributed by atoms with van der Waals surface area (Å²) in [5, 5.41) is 12.6. The fourth-order valence-corrected chi connectivity index (χ4v) is 2.08. The van der Waals surface area contributed by atoms with Crippen LogP contribution < -0.4 is 4.74 Å². The van der Waals surface area contributed by atoms with E-state index < -0.39 is 5.97 Å². The topological polar surface area (TPSA) is 85.5 Å². The molecule has 6 nitrogen and oxygen atoms in total. The molecule has 2 rings (SSSR count). The smallest absolute Gasteiger partial charge is 0.349 e. The minimum Gasteiger partial charge on any atom is -0.482 e. The summed E-state index contributed by atoms with van der Waals surface area (Å²) < 4.78 is 10.2. The Balaban J connectivity index is 2.11. The van der Waals surface area contributed by atoms with Gasteiger partial charge >= 0.3 is 5.97 Å². The second-order valence-corrected chi connectivity index (χ2v) is 4.64. The van der Waals surface area contributed by atoms with Crippen LogP contribution in [0.4, 0.5) is 0 Å². The molecular formula is C10H10N2O4S. The Bertz CT molecular complexity index is 546. The van der Waals surface area contributed by atoms with Crippen LogP contribution in [-0.4, -0.2) is 21.2 Å². The van der Waals surface area contributed by atoms with Crippen molar-refractivity contribution in [2.24, 2.45) is 0 Å². The standard InChI is InChI=1S/C10H10N2O4S/c1-5-3-7(9(17-5)10(13)14)15-4-8-11-6(2)12-16-8/h3H,4H2,1-2H3,(H,13,14). The molecule has 0 unspecified atom stereocenters. The Labute approximate surface area is 101 Å². The molecule has 0 fully saturated rings. The van der Waals surface area contributed by atoms with Gasteiger partial charge in [0, 0.05) is 4.88 Å². The lowest BCUT2D eigenvalue weighted by Crippen LogP contribution is -2.00. The molecule has 2 aromatic heterocycles. The molecule has 2 aromatic rings. The van der Waals surface area contributed by atoms with Crippen LogP contribution in [0.15, 0.2) is 10.6 Å². The van der Waals surface area contributed by atoms with Crippen LogP contribution >= 0.6 is 11.3 Å². The molecule has 0 saturated heterocycles. The maximum Gasteiger partial charge on any atom is 0.349 e. The largest absolute Gasteiger partial charge is 0.482 e. The predicted octanol–water partition coefficient (Wildman–Crippen LogP) is 2.03. The lowest BCUT2D eigenvalue weighted by Gasteiger charge is -2.00. The zero-order chi connectivity index (χ0) is 12.4. The SMILES string of the molecule is Cc1noc(COc2cc(C)sc2C(=O)O)n1. The summed E-state index contributed by atoms with van der Waals surface area (Å²) in [6.45, 7) is 3.59. The molecule has 0 saturated carbocycles. The fraction of sp³-hybridized carbons (Fsp3) is 0.300. The average molecular weight is 254 g/mol. The van der Waals surface area contributed by atoms with Crippen molar-refractivity contribution in [3.05, 3.63) is 27.5 Å². The maximum absolute atomic E-state index is 10.9. The Morgan fingerprint density at radius 3 is 2.94 bits per heavy atom. The molecule has 0 spiro atoms. The highest BCUT2D eigenvalue weighted by molar-refractivity contribution is 7.14. The lowest BCUT2D eigenvalue weighted by molar-refractivity contribution is 0.0697. The summed E-state index contributed by atoms with van der Waals surface area (Å²) in [6, 6.07) is 1.68. The Morgan fingerprint density at radius 2 is 2.35 bits per heavy atom. The van der Waals surface area contributed by atoms with Crippen molar-refractivity contribution in [3.8, 4) is 5.75 Å². The molecule has 0 aliphatic rings. The van der Waals surface area contributed by atoms with Crippen molar-refractivity contribution in [2.75, 3.05) is 0 Å². The highest BCUT2D eigenvalue weighted by Gasteiger charge is 2.16. The van der Waals surface area contributed by atoms with E-state index in [9.17, 15) is 4.79 Å². The third-order valence-electron chi connectivity index (χ3n) is 1.94. The Morgan fingerprint density at radius 1 is 1.59 bits per heavy atom. The van der Waals surface area contributed by atoms with Gasteiger partial charge in [-0.1, -0.05) is 5.16 Å². The Kier molecular flexibility index (Phi) is 3.10. The molecule has 2 heterocycles. The first-order valence-corrected chi connectivity index (χ1v) is 5.63. The summed E-state index contributed by atoms with van der Waals surface area (Å²) in [4.78, 5) is 15.9. The van der Waals surface area contributed by atoms with Crippen molar-refractivity contribution in [1.82, 2.24) is 10.1 Å². The van der Waals surface area contributed by atoms with Crippen LogP contribution in [0.25, 0.3) is 0 Å². The minimum atomic E-state index is -1.00. The van der Waals surface area contributed by atoms with Crippen molar-refractivity contribution in [1.29, 1.82) is 0 Å². The summed E-state index contributed by atoms with van der Waals surface area (Å²) >= 11 is 1.17. The van der Waals surface area contributed by atoms with Gasteiger partial charge in [0.15, 0.2) is 17.3 Å². The van der Waals surface area contributed by atoms with Gasteiger partial charge < -0.3 is 14.4 Å². The van der Waals surface area contributed by atoms with Gasteiger partial charge in [0.1, 0.15) is 5.75 Å². The third-order valence-corrected chi connectivity index (χ3v) is 2.96.